The second-order valence-corrected chi connectivity index (χ2v) is 10.9. The molecule has 3 aliphatic heterocycles. The number of hydrogen-bond acceptors (Lipinski definition) is 6. The fourth-order valence-corrected chi connectivity index (χ4v) is 5.84. The smallest absolute Gasteiger partial charge is 0.232 e. The van der Waals surface area contributed by atoms with Gasteiger partial charge in [0.2, 0.25) is 5.95 Å². The van der Waals surface area contributed by atoms with Crippen molar-refractivity contribution in [3.8, 4) is 0 Å². The normalized spacial score (nSPS) is 21.9. The molecule has 3 saturated heterocycles. The van der Waals surface area contributed by atoms with Crippen LogP contribution < -0.4 is 20.4 Å². The molecule has 0 radical (unpaired) electrons. The van der Waals surface area contributed by atoms with Crippen molar-refractivity contribution in [1.29, 1.82) is 0 Å². The van der Waals surface area contributed by atoms with Gasteiger partial charge in [0.1, 0.15) is 17.5 Å². The summed E-state index contributed by atoms with van der Waals surface area (Å²) in [6.07, 6.45) is 6.54. The summed E-state index contributed by atoms with van der Waals surface area (Å²) in [6, 6.07) is 8.96. The lowest BCUT2D eigenvalue weighted by molar-refractivity contribution is 0.0515. The minimum atomic E-state index is -0.222. The van der Waals surface area contributed by atoms with Crippen LogP contribution in [0.15, 0.2) is 30.3 Å². The molecule has 1 aromatic heterocycles. The zero-order valence-corrected chi connectivity index (χ0v) is 22.0. The molecule has 194 valence electrons. The maximum atomic E-state index is 13.6. The summed E-state index contributed by atoms with van der Waals surface area (Å²) in [4.78, 5) is 14.4. The van der Waals surface area contributed by atoms with Gasteiger partial charge in [-0.1, -0.05) is 19.1 Å². The number of nitrogens with zero attached hydrogens (tertiary/aromatic N) is 4. The van der Waals surface area contributed by atoms with Crippen molar-refractivity contribution >= 4 is 34.9 Å². The number of aromatic nitrogens is 2. The predicted octanol–water partition coefficient (Wildman–Crippen LogP) is 4.49. The molecule has 0 saturated carbocycles. The first-order chi connectivity index (χ1) is 17.5. The van der Waals surface area contributed by atoms with Crippen molar-refractivity contribution in [3.63, 3.8) is 0 Å². The zero-order valence-electron chi connectivity index (χ0n) is 21.1. The Morgan fingerprint density at radius 3 is 2.42 bits per heavy atom. The van der Waals surface area contributed by atoms with Crippen LogP contribution in [0.2, 0.25) is 0 Å². The van der Waals surface area contributed by atoms with Crippen LogP contribution in [0.5, 0.6) is 0 Å². The first-order valence-corrected chi connectivity index (χ1v) is 13.7. The van der Waals surface area contributed by atoms with Gasteiger partial charge < -0.3 is 25.2 Å². The van der Waals surface area contributed by atoms with Crippen LogP contribution in [0.25, 0.3) is 0 Å². The standard InChI is InChI=1S/C27H37FN6OS/c1-20-5-4-14-34(18-20)24-17-23(33-12-2-3-13-33)30-25(31-24)32-26(36)29-19-27(10-15-35-16-11-27)21-6-8-22(28)9-7-21/h6-9,17,20H,2-5,10-16,18-19H2,1H3,(H2,29,30,31,32,36)/t20-/m1/s1. The Kier molecular flexibility index (Phi) is 7.86. The summed E-state index contributed by atoms with van der Waals surface area (Å²) in [5.41, 5.74) is 0.946. The minimum Gasteiger partial charge on any atom is -0.381 e. The van der Waals surface area contributed by atoms with Gasteiger partial charge >= 0.3 is 0 Å². The van der Waals surface area contributed by atoms with E-state index in [9.17, 15) is 4.39 Å². The van der Waals surface area contributed by atoms with E-state index in [0.29, 0.717) is 36.7 Å². The van der Waals surface area contributed by atoms with Gasteiger partial charge in [-0.25, -0.2) is 4.39 Å². The van der Waals surface area contributed by atoms with Gasteiger partial charge in [-0.15, -0.1) is 0 Å². The molecule has 1 aromatic carbocycles. The second kappa shape index (κ2) is 11.3. The number of halogens is 1. The Labute approximate surface area is 218 Å². The third-order valence-electron chi connectivity index (χ3n) is 7.83. The van der Waals surface area contributed by atoms with E-state index in [1.54, 1.807) is 0 Å². The molecule has 36 heavy (non-hydrogen) atoms. The highest BCUT2D eigenvalue weighted by Gasteiger charge is 2.34. The fraction of sp³-hybridized carbons (Fsp3) is 0.593. The van der Waals surface area contributed by atoms with Crippen molar-refractivity contribution < 1.29 is 9.13 Å². The lowest BCUT2D eigenvalue weighted by Gasteiger charge is -2.38. The molecule has 0 aliphatic carbocycles. The van der Waals surface area contributed by atoms with Gasteiger partial charge in [0.05, 0.1) is 0 Å². The molecule has 1 atom stereocenters. The van der Waals surface area contributed by atoms with E-state index in [-0.39, 0.29) is 11.2 Å². The van der Waals surface area contributed by atoms with Crippen LogP contribution in [0, 0.1) is 11.7 Å². The molecule has 0 spiro atoms. The Hall–Kier alpha value is -2.52. The molecular weight excluding hydrogens is 475 g/mol. The van der Waals surface area contributed by atoms with Gasteiger partial charge in [0.25, 0.3) is 0 Å². The summed E-state index contributed by atoms with van der Waals surface area (Å²) < 4.78 is 19.2. The van der Waals surface area contributed by atoms with Gasteiger partial charge in [0, 0.05) is 57.4 Å². The maximum Gasteiger partial charge on any atom is 0.232 e. The van der Waals surface area contributed by atoms with Crippen molar-refractivity contribution in [1.82, 2.24) is 15.3 Å². The molecule has 4 heterocycles. The van der Waals surface area contributed by atoms with Crippen molar-refractivity contribution in [3.05, 3.63) is 41.7 Å². The van der Waals surface area contributed by atoms with Crippen LogP contribution in [0.4, 0.5) is 22.0 Å². The molecule has 0 bridgehead atoms. The third kappa shape index (κ3) is 5.89. The summed E-state index contributed by atoms with van der Waals surface area (Å²) in [6.45, 7) is 8.38. The molecule has 9 heteroatoms. The summed E-state index contributed by atoms with van der Waals surface area (Å²) in [5.74, 6) is 2.91. The largest absolute Gasteiger partial charge is 0.381 e. The molecule has 3 aliphatic rings. The SMILES string of the molecule is C[C@@H]1CCCN(c2cc(N3CCCC3)nc(NC(=S)NCC3(c4ccc(F)cc4)CCOCC3)n2)C1. The number of hydrogen-bond donors (Lipinski definition) is 2. The highest BCUT2D eigenvalue weighted by Crippen LogP contribution is 2.34. The Morgan fingerprint density at radius 2 is 1.72 bits per heavy atom. The summed E-state index contributed by atoms with van der Waals surface area (Å²) in [5, 5.41) is 7.18. The maximum absolute atomic E-state index is 13.6. The Bertz CT molecular complexity index is 1040. The van der Waals surface area contributed by atoms with Crippen molar-refractivity contribution in [2.24, 2.45) is 5.92 Å². The monoisotopic (exact) mass is 512 g/mol. The van der Waals surface area contributed by atoms with E-state index in [4.69, 9.17) is 26.9 Å². The quantitative estimate of drug-likeness (QED) is 0.549. The Morgan fingerprint density at radius 1 is 1.06 bits per heavy atom. The van der Waals surface area contributed by atoms with E-state index in [1.165, 1.54) is 37.8 Å². The molecule has 7 nitrogen and oxygen atoms in total. The number of benzene rings is 1. The average Bonchev–Trinajstić information content (AvgIpc) is 3.44. The predicted molar refractivity (Wildman–Crippen MR) is 146 cm³/mol. The van der Waals surface area contributed by atoms with Gasteiger partial charge in [-0.2, -0.15) is 9.97 Å². The van der Waals surface area contributed by atoms with Crippen molar-refractivity contribution in [2.45, 2.75) is 50.9 Å². The van der Waals surface area contributed by atoms with E-state index >= 15 is 0 Å². The number of piperidine rings is 1. The van der Waals surface area contributed by atoms with E-state index in [1.807, 2.05) is 12.1 Å². The van der Waals surface area contributed by atoms with Gasteiger partial charge in [-0.05, 0) is 74.4 Å². The van der Waals surface area contributed by atoms with Gasteiger partial charge in [0.15, 0.2) is 5.11 Å². The second-order valence-electron chi connectivity index (χ2n) is 10.5. The topological polar surface area (TPSA) is 65.5 Å². The summed E-state index contributed by atoms with van der Waals surface area (Å²) >= 11 is 5.70. The summed E-state index contributed by atoms with van der Waals surface area (Å²) in [7, 11) is 0. The fourth-order valence-electron chi connectivity index (χ4n) is 5.67. The number of anilines is 3. The molecule has 2 aromatic rings. The van der Waals surface area contributed by atoms with Crippen LogP contribution in [-0.2, 0) is 10.2 Å². The first kappa shape index (κ1) is 25.1. The molecule has 5 rings (SSSR count). The number of ether oxygens (including phenoxy) is 1. The average molecular weight is 513 g/mol. The number of thiocarbonyl (C=S) groups is 1. The molecule has 2 N–H and O–H groups in total. The first-order valence-electron chi connectivity index (χ1n) is 13.3. The highest BCUT2D eigenvalue weighted by molar-refractivity contribution is 7.80. The van der Waals surface area contributed by atoms with E-state index in [0.717, 1.165) is 56.2 Å². The van der Waals surface area contributed by atoms with Gasteiger partial charge in [-0.3, -0.25) is 0 Å². The van der Waals surface area contributed by atoms with E-state index in [2.05, 4.69) is 33.4 Å². The van der Waals surface area contributed by atoms with Crippen molar-refractivity contribution in [2.75, 3.05) is 61.1 Å². The Balaban J connectivity index is 1.31. The van der Waals surface area contributed by atoms with E-state index < -0.39 is 0 Å². The third-order valence-corrected chi connectivity index (χ3v) is 8.08. The zero-order chi connectivity index (χ0) is 25.0. The lowest BCUT2D eigenvalue weighted by atomic mass is 9.74. The lowest BCUT2D eigenvalue weighted by Crippen LogP contribution is -2.45. The van der Waals surface area contributed by atoms with Crippen LogP contribution in [0.1, 0.15) is 51.0 Å². The number of rotatable bonds is 6. The van der Waals surface area contributed by atoms with Crippen LogP contribution in [-0.4, -0.2) is 61.0 Å². The van der Waals surface area contributed by atoms with Crippen LogP contribution in [0.3, 0.4) is 0 Å². The molecular formula is C27H37FN6OS. The number of nitrogens with one attached hydrogen (secondary N) is 2. The minimum absolute atomic E-state index is 0.162. The molecule has 3 fully saturated rings. The highest BCUT2D eigenvalue weighted by atomic mass is 32.1. The van der Waals surface area contributed by atoms with Crippen LogP contribution >= 0.6 is 12.2 Å². The molecule has 0 amide bonds. The molecule has 0 unspecified atom stereocenters.